The van der Waals surface area contributed by atoms with Gasteiger partial charge in [-0.15, -0.1) is 12.4 Å². The van der Waals surface area contributed by atoms with Gasteiger partial charge in [0.05, 0.1) is 12.5 Å². The number of carbonyl (C=O) groups is 5. The zero-order valence-corrected chi connectivity index (χ0v) is 22.1. The summed E-state index contributed by atoms with van der Waals surface area (Å²) >= 11 is 1.44. The number of fused-ring (bicyclic) bond motifs is 1. The smallest absolute Gasteiger partial charge is 0.305 e. The van der Waals surface area contributed by atoms with Gasteiger partial charge in [-0.3, -0.25) is 24.0 Å². The number of carbonyl (C=O) groups excluding carboxylic acids is 4. The molecule has 0 spiro atoms. The lowest BCUT2D eigenvalue weighted by Crippen LogP contribution is -2.57. The summed E-state index contributed by atoms with van der Waals surface area (Å²) in [6.45, 7) is 1.33. The fraction of sp³-hybridized carbons (Fsp3) is 0.435. The Labute approximate surface area is 224 Å². The first-order chi connectivity index (χ1) is 17.0. The number of nitrogens with two attached hydrogens (primary N) is 2. The number of rotatable bonds is 14. The van der Waals surface area contributed by atoms with Crippen molar-refractivity contribution < 1.29 is 29.1 Å². The van der Waals surface area contributed by atoms with E-state index >= 15 is 0 Å². The van der Waals surface area contributed by atoms with E-state index in [1.54, 1.807) is 6.20 Å². The molecule has 0 unspecified atom stereocenters. The van der Waals surface area contributed by atoms with Crippen LogP contribution in [-0.4, -0.2) is 75.9 Å². The third-order valence-corrected chi connectivity index (χ3v) is 6.14. The van der Waals surface area contributed by atoms with Crippen LogP contribution in [0.5, 0.6) is 0 Å². The normalized spacial score (nSPS) is 13.9. The molecule has 0 bridgehead atoms. The maximum absolute atomic E-state index is 13.0. The van der Waals surface area contributed by atoms with E-state index in [9.17, 15) is 24.0 Å². The summed E-state index contributed by atoms with van der Waals surface area (Å²) in [6, 6.07) is 3.01. The van der Waals surface area contributed by atoms with Gasteiger partial charge in [-0.25, -0.2) is 0 Å². The van der Waals surface area contributed by atoms with E-state index in [-0.39, 0.29) is 25.2 Å². The summed E-state index contributed by atoms with van der Waals surface area (Å²) in [5.41, 5.74) is 13.0. The number of thioether (sulfide) groups is 1. The van der Waals surface area contributed by atoms with Crippen LogP contribution < -0.4 is 27.4 Å². The number of nitrogens with one attached hydrogen (secondary N) is 4. The van der Waals surface area contributed by atoms with Crippen molar-refractivity contribution >= 4 is 64.7 Å². The average molecular weight is 557 g/mol. The van der Waals surface area contributed by atoms with E-state index in [1.165, 1.54) is 18.7 Å². The minimum atomic E-state index is -1.48. The van der Waals surface area contributed by atoms with Crippen LogP contribution in [0.3, 0.4) is 0 Å². The molecule has 204 valence electrons. The molecule has 4 atom stereocenters. The van der Waals surface area contributed by atoms with Gasteiger partial charge in [0.25, 0.3) is 0 Å². The van der Waals surface area contributed by atoms with Crippen LogP contribution in [0, 0.1) is 0 Å². The van der Waals surface area contributed by atoms with E-state index in [0.29, 0.717) is 5.75 Å². The third-order valence-electron chi connectivity index (χ3n) is 5.49. The maximum atomic E-state index is 13.0. The Kier molecular flexibility index (Phi) is 12.9. The summed E-state index contributed by atoms with van der Waals surface area (Å²) in [7, 11) is 0. The summed E-state index contributed by atoms with van der Waals surface area (Å²) in [4.78, 5) is 63.9. The van der Waals surface area contributed by atoms with Gasteiger partial charge in [0.2, 0.25) is 23.6 Å². The van der Waals surface area contributed by atoms with Crippen molar-refractivity contribution in [2.75, 3.05) is 12.0 Å². The van der Waals surface area contributed by atoms with E-state index in [0.717, 1.165) is 16.5 Å². The lowest BCUT2D eigenvalue weighted by atomic mass is 10.0. The number of hydrogen-bond acceptors (Lipinski definition) is 7. The second kappa shape index (κ2) is 15.1. The summed E-state index contributed by atoms with van der Waals surface area (Å²) < 4.78 is 0. The summed E-state index contributed by atoms with van der Waals surface area (Å²) in [5.74, 6) is -3.86. The molecule has 1 heterocycles. The Hall–Kier alpha value is -3.29. The van der Waals surface area contributed by atoms with Gasteiger partial charge in [-0.05, 0) is 43.4 Å². The maximum Gasteiger partial charge on any atom is 0.305 e. The van der Waals surface area contributed by atoms with Crippen molar-refractivity contribution in [2.45, 2.75) is 50.4 Å². The SMILES string of the molecule is CSCC[C@H](NC(=O)[C@@H](N)Cc1c[nH]c2ccccc12)C(=O)N[C@@H](CC(=O)O)C(=O)N[C@H](C)C(N)=O.Cl. The average Bonchev–Trinajstić information content (AvgIpc) is 3.23. The van der Waals surface area contributed by atoms with Crippen molar-refractivity contribution in [1.29, 1.82) is 0 Å². The first-order valence-corrected chi connectivity index (χ1v) is 12.6. The Morgan fingerprint density at radius 2 is 1.65 bits per heavy atom. The first-order valence-electron chi connectivity index (χ1n) is 11.2. The fourth-order valence-corrected chi connectivity index (χ4v) is 3.93. The van der Waals surface area contributed by atoms with Gasteiger partial charge in [0.15, 0.2) is 0 Å². The van der Waals surface area contributed by atoms with Crippen molar-refractivity contribution in [3.8, 4) is 0 Å². The Morgan fingerprint density at radius 1 is 1.03 bits per heavy atom. The minimum absolute atomic E-state index is 0. The van der Waals surface area contributed by atoms with Crippen LogP contribution in [0.15, 0.2) is 30.5 Å². The number of aliphatic carboxylic acids is 1. The van der Waals surface area contributed by atoms with E-state index in [1.807, 2.05) is 30.5 Å². The van der Waals surface area contributed by atoms with Crippen LogP contribution in [-0.2, 0) is 30.4 Å². The van der Waals surface area contributed by atoms with Crippen LogP contribution in [0.2, 0.25) is 0 Å². The molecule has 2 aromatic rings. The highest BCUT2D eigenvalue weighted by Crippen LogP contribution is 2.18. The molecule has 0 aliphatic heterocycles. The number of hydrogen-bond donors (Lipinski definition) is 7. The number of aromatic nitrogens is 1. The Bertz CT molecular complexity index is 1110. The number of aromatic amines is 1. The monoisotopic (exact) mass is 556 g/mol. The van der Waals surface area contributed by atoms with Gasteiger partial charge >= 0.3 is 5.97 Å². The molecule has 0 radical (unpaired) electrons. The molecule has 0 saturated heterocycles. The molecule has 1 aromatic heterocycles. The Morgan fingerprint density at radius 3 is 2.27 bits per heavy atom. The number of halogens is 1. The molecule has 0 saturated carbocycles. The molecule has 37 heavy (non-hydrogen) atoms. The number of para-hydroxylation sites is 1. The number of amides is 4. The molecule has 0 aliphatic carbocycles. The standard InChI is InChI=1S/C23H32N6O6S.ClH/c1-12(20(25)32)27-23(35)18(10-19(30)31)29-22(34)17(7-8-36-2)28-21(33)15(24)9-13-11-26-16-6-4-3-5-14(13)16;/h3-6,11-12,15,17-18,26H,7-10,24H2,1-2H3,(H2,25,32)(H,27,35)(H,28,33)(H,29,34)(H,30,31);1H/t12-,15+,17+,18+;/m1./s1. The van der Waals surface area contributed by atoms with Crippen LogP contribution >= 0.6 is 24.2 Å². The van der Waals surface area contributed by atoms with E-state index < -0.39 is 60.2 Å². The van der Waals surface area contributed by atoms with Gasteiger partial charge in [0, 0.05) is 17.1 Å². The molecule has 2 rings (SSSR count). The second-order valence-electron chi connectivity index (χ2n) is 8.30. The van der Waals surface area contributed by atoms with Crippen molar-refractivity contribution in [1.82, 2.24) is 20.9 Å². The quantitative estimate of drug-likeness (QED) is 0.163. The predicted molar refractivity (Wildman–Crippen MR) is 143 cm³/mol. The third kappa shape index (κ3) is 9.59. The van der Waals surface area contributed by atoms with Gasteiger partial charge in [-0.1, -0.05) is 18.2 Å². The van der Waals surface area contributed by atoms with E-state index in [4.69, 9.17) is 16.6 Å². The molecule has 0 fully saturated rings. The highest BCUT2D eigenvalue weighted by Gasteiger charge is 2.30. The largest absolute Gasteiger partial charge is 0.481 e. The summed E-state index contributed by atoms with van der Waals surface area (Å²) in [5, 5.41) is 17.3. The molecular formula is C23H33ClN6O6S. The molecule has 4 amide bonds. The van der Waals surface area contributed by atoms with E-state index in [2.05, 4.69) is 20.9 Å². The molecular weight excluding hydrogens is 524 g/mol. The van der Waals surface area contributed by atoms with Crippen LogP contribution in [0.1, 0.15) is 25.3 Å². The van der Waals surface area contributed by atoms with Crippen LogP contribution in [0.4, 0.5) is 0 Å². The predicted octanol–water partition coefficient (Wildman–Crippen LogP) is -0.353. The molecule has 0 aliphatic rings. The highest BCUT2D eigenvalue weighted by molar-refractivity contribution is 7.98. The zero-order valence-electron chi connectivity index (χ0n) is 20.5. The first kappa shape index (κ1) is 31.7. The lowest BCUT2D eigenvalue weighted by molar-refractivity contribution is -0.141. The number of carboxylic acids is 1. The molecule has 12 nitrogen and oxygen atoms in total. The molecule has 14 heteroatoms. The number of carboxylic acid groups (broad SMARTS) is 1. The molecule has 9 N–H and O–H groups in total. The summed E-state index contributed by atoms with van der Waals surface area (Å²) in [6.07, 6.45) is 3.31. The van der Waals surface area contributed by atoms with Gasteiger partial charge in [-0.2, -0.15) is 11.8 Å². The van der Waals surface area contributed by atoms with Gasteiger partial charge in [0.1, 0.15) is 18.1 Å². The number of H-pyrrole nitrogens is 1. The highest BCUT2D eigenvalue weighted by atomic mass is 35.5. The zero-order chi connectivity index (χ0) is 26.8. The van der Waals surface area contributed by atoms with Crippen molar-refractivity contribution in [3.63, 3.8) is 0 Å². The topological polar surface area (TPSA) is 209 Å². The Balaban J connectivity index is 0.00000684. The van der Waals surface area contributed by atoms with Crippen LogP contribution in [0.25, 0.3) is 10.9 Å². The van der Waals surface area contributed by atoms with Gasteiger partial charge < -0.3 is 37.5 Å². The van der Waals surface area contributed by atoms with Crippen molar-refractivity contribution in [2.24, 2.45) is 11.5 Å². The number of primary amides is 1. The fourth-order valence-electron chi connectivity index (χ4n) is 3.45. The van der Waals surface area contributed by atoms with Crippen molar-refractivity contribution in [3.05, 3.63) is 36.0 Å². The minimum Gasteiger partial charge on any atom is -0.481 e. The second-order valence-corrected chi connectivity index (χ2v) is 9.29. The number of benzene rings is 1. The lowest BCUT2D eigenvalue weighted by Gasteiger charge is -2.24. The molecule has 1 aromatic carbocycles.